The number of nitro groups is 1. The summed E-state index contributed by atoms with van der Waals surface area (Å²) in [5, 5.41) is 11.8. The Morgan fingerprint density at radius 2 is 2.29 bits per heavy atom. The molecule has 1 aromatic carbocycles. The number of hydrogen-bond donors (Lipinski definition) is 1. The molecule has 21 heavy (non-hydrogen) atoms. The van der Waals surface area contributed by atoms with Crippen LogP contribution in [-0.4, -0.2) is 32.8 Å². The van der Waals surface area contributed by atoms with E-state index in [-0.39, 0.29) is 10.6 Å². The minimum Gasteiger partial charge on any atom is -0.339 e. The molecule has 7 heteroatoms. The average Bonchev–Trinajstić information content (AvgIpc) is 2.83. The molecule has 112 valence electrons. The minimum atomic E-state index is -0.380. The monoisotopic (exact) mass is 352 g/mol. The maximum absolute atomic E-state index is 10.8. The van der Waals surface area contributed by atoms with Gasteiger partial charge in [0.05, 0.1) is 16.0 Å². The summed E-state index contributed by atoms with van der Waals surface area (Å²) in [7, 11) is 0. The van der Waals surface area contributed by atoms with E-state index < -0.39 is 0 Å². The van der Waals surface area contributed by atoms with Crippen molar-refractivity contribution in [2.24, 2.45) is 0 Å². The fraction of sp³-hybridized carbons (Fsp3) is 0.500. The highest BCUT2D eigenvalue weighted by molar-refractivity contribution is 9.09. The van der Waals surface area contributed by atoms with Gasteiger partial charge in [0.25, 0.3) is 5.69 Å². The van der Waals surface area contributed by atoms with Crippen LogP contribution < -0.4 is 4.90 Å². The van der Waals surface area contributed by atoms with E-state index in [2.05, 4.69) is 30.8 Å². The van der Waals surface area contributed by atoms with Crippen molar-refractivity contribution in [2.75, 3.05) is 16.8 Å². The molecule has 1 saturated carbocycles. The molecule has 0 spiro atoms. The van der Waals surface area contributed by atoms with Gasteiger partial charge >= 0.3 is 0 Å². The Labute approximate surface area is 130 Å². The molecule has 0 atom stereocenters. The van der Waals surface area contributed by atoms with Gasteiger partial charge in [-0.05, 0) is 31.7 Å². The molecule has 2 aromatic rings. The van der Waals surface area contributed by atoms with E-state index in [1.165, 1.54) is 25.3 Å². The number of imidazole rings is 1. The van der Waals surface area contributed by atoms with Crippen LogP contribution in [0.1, 0.15) is 25.7 Å². The number of non-ortho nitro benzene ring substituents is 1. The predicted octanol–water partition coefficient (Wildman–Crippen LogP) is 3.62. The number of halogens is 1. The Balaban J connectivity index is 1.91. The fourth-order valence-electron chi connectivity index (χ4n) is 2.62. The molecule has 0 bridgehead atoms. The van der Waals surface area contributed by atoms with Crippen molar-refractivity contribution in [3.63, 3.8) is 0 Å². The molecule has 0 unspecified atom stereocenters. The zero-order valence-corrected chi connectivity index (χ0v) is 13.2. The van der Waals surface area contributed by atoms with E-state index in [4.69, 9.17) is 0 Å². The van der Waals surface area contributed by atoms with E-state index in [1.54, 1.807) is 12.1 Å². The van der Waals surface area contributed by atoms with Gasteiger partial charge in [-0.15, -0.1) is 0 Å². The van der Waals surface area contributed by atoms with E-state index >= 15 is 0 Å². The molecule has 3 rings (SSSR count). The van der Waals surface area contributed by atoms with Gasteiger partial charge in [-0.1, -0.05) is 15.9 Å². The summed E-state index contributed by atoms with van der Waals surface area (Å²) in [6, 6.07) is 5.30. The summed E-state index contributed by atoms with van der Waals surface area (Å²) in [5.41, 5.74) is 1.59. The standard InChI is InChI=1S/C14H17BrN4O2/c15-7-2-8-18(10-3-1-4-10)14-16-12-6-5-11(19(20)21)9-13(12)17-14/h5-6,9-10H,1-4,7-8H2,(H,16,17). The first-order valence-electron chi connectivity index (χ1n) is 7.16. The summed E-state index contributed by atoms with van der Waals surface area (Å²) in [4.78, 5) is 20.6. The third-order valence-corrected chi connectivity index (χ3v) is 4.54. The lowest BCUT2D eigenvalue weighted by Crippen LogP contribution is -2.41. The van der Waals surface area contributed by atoms with Crippen molar-refractivity contribution in [1.29, 1.82) is 0 Å². The number of fused-ring (bicyclic) bond motifs is 1. The number of alkyl halides is 1. The molecule has 1 N–H and O–H groups in total. The van der Waals surface area contributed by atoms with Gasteiger partial charge < -0.3 is 9.88 Å². The van der Waals surface area contributed by atoms with E-state index in [0.29, 0.717) is 6.04 Å². The second kappa shape index (κ2) is 6.01. The lowest BCUT2D eigenvalue weighted by atomic mass is 9.91. The highest BCUT2D eigenvalue weighted by atomic mass is 79.9. The number of benzene rings is 1. The van der Waals surface area contributed by atoms with Gasteiger partial charge in [-0.2, -0.15) is 0 Å². The van der Waals surface area contributed by atoms with Gasteiger partial charge in [-0.3, -0.25) is 10.1 Å². The molecule has 1 heterocycles. The number of aromatic amines is 1. The second-order valence-electron chi connectivity index (χ2n) is 5.34. The number of nitrogens with zero attached hydrogens (tertiary/aromatic N) is 3. The molecule has 1 fully saturated rings. The summed E-state index contributed by atoms with van der Waals surface area (Å²) in [5.74, 6) is 0.830. The smallest absolute Gasteiger partial charge is 0.271 e. The van der Waals surface area contributed by atoms with Gasteiger partial charge in [-0.25, -0.2) is 4.98 Å². The number of rotatable bonds is 6. The number of anilines is 1. The molecule has 0 amide bonds. The van der Waals surface area contributed by atoms with Crippen molar-refractivity contribution < 1.29 is 4.92 Å². The lowest BCUT2D eigenvalue weighted by Gasteiger charge is -2.37. The number of H-pyrrole nitrogens is 1. The minimum absolute atomic E-state index is 0.0911. The zero-order chi connectivity index (χ0) is 14.8. The van der Waals surface area contributed by atoms with Crippen molar-refractivity contribution >= 4 is 38.6 Å². The average molecular weight is 353 g/mol. The molecule has 1 aliphatic carbocycles. The van der Waals surface area contributed by atoms with E-state index in [9.17, 15) is 10.1 Å². The summed E-state index contributed by atoms with van der Waals surface area (Å²) in [6.45, 7) is 0.942. The molecule has 1 aliphatic rings. The van der Waals surface area contributed by atoms with Crippen LogP contribution in [-0.2, 0) is 0 Å². The molecule has 0 aliphatic heterocycles. The topological polar surface area (TPSA) is 75.1 Å². The molecule has 6 nitrogen and oxygen atoms in total. The number of aromatic nitrogens is 2. The predicted molar refractivity (Wildman–Crippen MR) is 86.1 cm³/mol. The number of nitrogens with one attached hydrogen (secondary N) is 1. The quantitative estimate of drug-likeness (QED) is 0.489. The molecular weight excluding hydrogens is 336 g/mol. The summed E-state index contributed by atoms with van der Waals surface area (Å²) >= 11 is 3.47. The van der Waals surface area contributed by atoms with Crippen LogP contribution in [0.15, 0.2) is 18.2 Å². The van der Waals surface area contributed by atoms with Crippen LogP contribution in [0.2, 0.25) is 0 Å². The first-order chi connectivity index (χ1) is 10.2. The Morgan fingerprint density at radius 3 is 2.90 bits per heavy atom. The SMILES string of the molecule is O=[N+]([O-])c1ccc2nc(N(CCCBr)C3CCC3)[nH]c2c1. The van der Waals surface area contributed by atoms with Crippen molar-refractivity contribution in [3.05, 3.63) is 28.3 Å². The first kappa shape index (κ1) is 14.3. The van der Waals surface area contributed by atoms with Gasteiger partial charge in [0.15, 0.2) is 0 Å². The molecular formula is C14H17BrN4O2. The summed E-state index contributed by atoms with van der Waals surface area (Å²) in [6.07, 6.45) is 4.70. The zero-order valence-electron chi connectivity index (χ0n) is 11.6. The first-order valence-corrected chi connectivity index (χ1v) is 8.28. The Morgan fingerprint density at radius 1 is 1.48 bits per heavy atom. The van der Waals surface area contributed by atoms with Crippen LogP contribution >= 0.6 is 15.9 Å². The Hall–Kier alpha value is -1.63. The normalized spacial score (nSPS) is 15.1. The highest BCUT2D eigenvalue weighted by Crippen LogP contribution is 2.30. The molecule has 1 aromatic heterocycles. The Kier molecular flexibility index (Phi) is 4.10. The van der Waals surface area contributed by atoms with Gasteiger partial charge in [0.2, 0.25) is 5.95 Å². The van der Waals surface area contributed by atoms with Crippen LogP contribution in [0.25, 0.3) is 11.0 Å². The van der Waals surface area contributed by atoms with Gasteiger partial charge in [0.1, 0.15) is 0 Å². The third-order valence-electron chi connectivity index (χ3n) is 3.98. The van der Waals surface area contributed by atoms with E-state index in [1.807, 2.05) is 0 Å². The second-order valence-corrected chi connectivity index (χ2v) is 6.13. The Bertz CT molecular complexity index is 653. The highest BCUT2D eigenvalue weighted by Gasteiger charge is 2.26. The maximum atomic E-state index is 10.8. The van der Waals surface area contributed by atoms with Crippen molar-refractivity contribution in [2.45, 2.75) is 31.7 Å². The summed E-state index contributed by atoms with van der Waals surface area (Å²) < 4.78 is 0. The molecule has 0 saturated heterocycles. The van der Waals surface area contributed by atoms with Crippen LogP contribution in [0, 0.1) is 10.1 Å². The van der Waals surface area contributed by atoms with Gasteiger partial charge in [0, 0.05) is 30.0 Å². The fourth-order valence-corrected chi connectivity index (χ4v) is 2.87. The van der Waals surface area contributed by atoms with Crippen molar-refractivity contribution in [3.8, 4) is 0 Å². The van der Waals surface area contributed by atoms with Crippen LogP contribution in [0.5, 0.6) is 0 Å². The lowest BCUT2D eigenvalue weighted by molar-refractivity contribution is -0.384. The van der Waals surface area contributed by atoms with E-state index in [0.717, 1.165) is 35.3 Å². The number of nitro benzene ring substituents is 1. The third kappa shape index (κ3) is 2.88. The van der Waals surface area contributed by atoms with Crippen molar-refractivity contribution in [1.82, 2.24) is 9.97 Å². The van der Waals surface area contributed by atoms with Crippen LogP contribution in [0.4, 0.5) is 11.6 Å². The molecule has 0 radical (unpaired) electrons. The maximum Gasteiger partial charge on any atom is 0.271 e. The van der Waals surface area contributed by atoms with Crippen LogP contribution in [0.3, 0.4) is 0 Å². The largest absolute Gasteiger partial charge is 0.339 e. The number of hydrogen-bond acceptors (Lipinski definition) is 4.